The van der Waals surface area contributed by atoms with Gasteiger partial charge < -0.3 is 10.4 Å². The average molecular weight is 268 g/mol. The normalized spacial score (nSPS) is 11.9. The summed E-state index contributed by atoms with van der Waals surface area (Å²) in [6.07, 6.45) is 0. The van der Waals surface area contributed by atoms with E-state index in [0.717, 1.165) is 11.5 Å². The first kappa shape index (κ1) is 14.5. The molecule has 0 aliphatic heterocycles. The van der Waals surface area contributed by atoms with Crippen LogP contribution in [0.5, 0.6) is 0 Å². The van der Waals surface area contributed by atoms with E-state index in [1.54, 1.807) is 11.8 Å². The molecule has 5 nitrogen and oxygen atoms in total. The molecule has 0 saturated heterocycles. The highest BCUT2D eigenvalue weighted by Gasteiger charge is 2.13. The minimum Gasteiger partial charge on any atom is -0.477 e. The Labute approximate surface area is 110 Å². The molecule has 0 aliphatic carbocycles. The van der Waals surface area contributed by atoms with Crippen LogP contribution in [0.1, 0.15) is 34.8 Å². The number of nitrogens with one attached hydrogen (secondary N) is 1. The molecule has 0 aromatic carbocycles. The Morgan fingerprint density at radius 2 is 2.11 bits per heavy atom. The molecule has 0 radical (unpaired) electrons. The van der Waals surface area contributed by atoms with Crippen molar-refractivity contribution in [2.45, 2.75) is 19.9 Å². The van der Waals surface area contributed by atoms with Gasteiger partial charge in [-0.15, -0.1) is 0 Å². The Hall–Kier alpha value is -1.56. The van der Waals surface area contributed by atoms with Crippen molar-refractivity contribution in [3.05, 3.63) is 29.6 Å². The van der Waals surface area contributed by atoms with E-state index in [2.05, 4.69) is 17.2 Å². The fraction of sp³-hybridized carbons (Fsp3) is 0.417. The Balaban J connectivity index is 2.66. The molecule has 0 bridgehead atoms. The maximum absolute atomic E-state index is 11.8. The molecule has 1 unspecified atom stereocenters. The van der Waals surface area contributed by atoms with E-state index < -0.39 is 5.97 Å². The van der Waals surface area contributed by atoms with Crippen LogP contribution in [0.25, 0.3) is 0 Å². The first-order valence-corrected chi connectivity index (χ1v) is 6.79. The summed E-state index contributed by atoms with van der Waals surface area (Å²) in [7, 11) is 0. The number of rotatable bonds is 6. The van der Waals surface area contributed by atoms with E-state index in [-0.39, 0.29) is 23.3 Å². The van der Waals surface area contributed by atoms with Crippen LogP contribution >= 0.6 is 11.8 Å². The van der Waals surface area contributed by atoms with Crippen molar-refractivity contribution in [1.82, 2.24) is 10.3 Å². The van der Waals surface area contributed by atoms with Crippen molar-refractivity contribution in [2.75, 3.05) is 11.5 Å². The highest BCUT2D eigenvalue weighted by atomic mass is 32.2. The van der Waals surface area contributed by atoms with E-state index in [1.807, 2.05) is 6.92 Å². The lowest BCUT2D eigenvalue weighted by atomic mass is 10.2. The molecule has 2 N–H and O–H groups in total. The Bertz CT molecular complexity index is 437. The fourth-order valence-electron chi connectivity index (χ4n) is 1.31. The van der Waals surface area contributed by atoms with E-state index in [9.17, 15) is 9.59 Å². The topological polar surface area (TPSA) is 79.3 Å². The summed E-state index contributed by atoms with van der Waals surface area (Å²) >= 11 is 1.73. The van der Waals surface area contributed by atoms with Gasteiger partial charge in [0, 0.05) is 11.8 Å². The Kier molecular flexibility index (Phi) is 5.64. The molecule has 1 aromatic rings. The second-order valence-corrected chi connectivity index (χ2v) is 5.07. The predicted octanol–water partition coefficient (Wildman–Crippen LogP) is 1.65. The highest BCUT2D eigenvalue weighted by Crippen LogP contribution is 2.04. The summed E-state index contributed by atoms with van der Waals surface area (Å²) in [4.78, 5) is 26.3. The van der Waals surface area contributed by atoms with Crippen molar-refractivity contribution < 1.29 is 14.7 Å². The zero-order chi connectivity index (χ0) is 13.5. The first-order chi connectivity index (χ1) is 8.54. The van der Waals surface area contributed by atoms with E-state index in [1.165, 1.54) is 18.2 Å². The monoisotopic (exact) mass is 268 g/mol. The number of hydrogen-bond donors (Lipinski definition) is 2. The molecule has 1 heterocycles. The van der Waals surface area contributed by atoms with E-state index in [0.29, 0.717) is 0 Å². The minimum atomic E-state index is -1.14. The van der Waals surface area contributed by atoms with Gasteiger partial charge in [-0.3, -0.25) is 4.79 Å². The largest absolute Gasteiger partial charge is 0.477 e. The summed E-state index contributed by atoms with van der Waals surface area (Å²) in [6, 6.07) is 4.39. The van der Waals surface area contributed by atoms with Gasteiger partial charge in [-0.2, -0.15) is 11.8 Å². The molecule has 0 saturated carbocycles. The third kappa shape index (κ3) is 4.37. The standard InChI is InChI=1S/C12H16N2O3S/c1-3-18-7-8(2)13-11(15)9-5-4-6-10(14-9)12(16)17/h4-6,8H,3,7H2,1-2H3,(H,13,15)(H,16,17). The van der Waals surface area contributed by atoms with Crippen molar-refractivity contribution in [3.63, 3.8) is 0 Å². The van der Waals surface area contributed by atoms with Gasteiger partial charge in [-0.05, 0) is 24.8 Å². The van der Waals surface area contributed by atoms with Gasteiger partial charge >= 0.3 is 5.97 Å². The van der Waals surface area contributed by atoms with Gasteiger partial charge in [-0.25, -0.2) is 9.78 Å². The number of carboxylic acid groups (broad SMARTS) is 1. The van der Waals surface area contributed by atoms with Crippen LogP contribution < -0.4 is 5.32 Å². The number of pyridine rings is 1. The Morgan fingerprint density at radius 1 is 1.44 bits per heavy atom. The van der Waals surface area contributed by atoms with Crippen LogP contribution in [-0.2, 0) is 0 Å². The molecular formula is C12H16N2O3S. The number of thioether (sulfide) groups is 1. The van der Waals surface area contributed by atoms with Crippen molar-refractivity contribution >= 4 is 23.6 Å². The third-order valence-electron chi connectivity index (χ3n) is 2.15. The third-order valence-corrected chi connectivity index (χ3v) is 3.29. The lowest BCUT2D eigenvalue weighted by Gasteiger charge is -2.12. The van der Waals surface area contributed by atoms with Crippen LogP contribution in [0, 0.1) is 0 Å². The molecule has 98 valence electrons. The van der Waals surface area contributed by atoms with Gasteiger partial charge in [0.05, 0.1) is 0 Å². The first-order valence-electron chi connectivity index (χ1n) is 5.63. The number of aromatic carboxylic acids is 1. The molecule has 1 amide bonds. The SMILES string of the molecule is CCSCC(C)NC(=O)c1cccc(C(=O)O)n1. The number of nitrogens with zero attached hydrogens (tertiary/aromatic N) is 1. The average Bonchev–Trinajstić information content (AvgIpc) is 2.36. The molecule has 18 heavy (non-hydrogen) atoms. The van der Waals surface area contributed by atoms with Crippen molar-refractivity contribution in [2.24, 2.45) is 0 Å². The second-order valence-electron chi connectivity index (χ2n) is 3.75. The fourth-order valence-corrected chi connectivity index (χ4v) is 1.99. The molecule has 6 heteroatoms. The highest BCUT2D eigenvalue weighted by molar-refractivity contribution is 7.99. The smallest absolute Gasteiger partial charge is 0.354 e. The molecule has 1 rings (SSSR count). The van der Waals surface area contributed by atoms with E-state index in [4.69, 9.17) is 5.11 Å². The summed E-state index contributed by atoms with van der Waals surface area (Å²) < 4.78 is 0. The number of carbonyl (C=O) groups excluding carboxylic acids is 1. The second kappa shape index (κ2) is 7.00. The molecule has 0 fully saturated rings. The quantitative estimate of drug-likeness (QED) is 0.820. The van der Waals surface area contributed by atoms with Crippen LogP contribution in [-0.4, -0.2) is 39.5 Å². The zero-order valence-corrected chi connectivity index (χ0v) is 11.2. The Morgan fingerprint density at radius 3 is 2.72 bits per heavy atom. The van der Waals surface area contributed by atoms with Gasteiger partial charge in [0.25, 0.3) is 5.91 Å². The summed E-state index contributed by atoms with van der Waals surface area (Å²) in [5.41, 5.74) is 0.00137. The molecule has 0 aliphatic rings. The zero-order valence-electron chi connectivity index (χ0n) is 10.3. The van der Waals surface area contributed by atoms with Gasteiger partial charge in [-0.1, -0.05) is 13.0 Å². The lowest BCUT2D eigenvalue weighted by molar-refractivity contribution is 0.0690. The predicted molar refractivity (Wildman–Crippen MR) is 71.1 cm³/mol. The van der Waals surface area contributed by atoms with E-state index >= 15 is 0 Å². The molecule has 0 spiro atoms. The van der Waals surface area contributed by atoms with Crippen LogP contribution in [0.4, 0.5) is 0 Å². The number of carboxylic acids is 1. The van der Waals surface area contributed by atoms with Crippen LogP contribution in [0.15, 0.2) is 18.2 Å². The number of carbonyl (C=O) groups is 2. The number of hydrogen-bond acceptors (Lipinski definition) is 4. The minimum absolute atomic E-state index is 0.0257. The maximum Gasteiger partial charge on any atom is 0.354 e. The van der Waals surface area contributed by atoms with Gasteiger partial charge in [0.2, 0.25) is 0 Å². The van der Waals surface area contributed by atoms with Gasteiger partial charge in [0.15, 0.2) is 0 Å². The van der Waals surface area contributed by atoms with Crippen molar-refractivity contribution in [3.8, 4) is 0 Å². The van der Waals surface area contributed by atoms with Gasteiger partial charge in [0.1, 0.15) is 11.4 Å². The number of amides is 1. The maximum atomic E-state index is 11.8. The summed E-state index contributed by atoms with van der Waals surface area (Å²) in [6.45, 7) is 3.96. The molecule has 1 atom stereocenters. The molecule has 1 aromatic heterocycles. The number of aromatic nitrogens is 1. The summed E-state index contributed by atoms with van der Waals surface area (Å²) in [5.74, 6) is 0.329. The van der Waals surface area contributed by atoms with Crippen LogP contribution in [0.2, 0.25) is 0 Å². The molecular weight excluding hydrogens is 252 g/mol. The van der Waals surface area contributed by atoms with Crippen LogP contribution in [0.3, 0.4) is 0 Å². The lowest BCUT2D eigenvalue weighted by Crippen LogP contribution is -2.35. The van der Waals surface area contributed by atoms with Crippen molar-refractivity contribution in [1.29, 1.82) is 0 Å². The summed E-state index contributed by atoms with van der Waals surface area (Å²) in [5, 5.41) is 11.6.